The van der Waals surface area contributed by atoms with Crippen LogP contribution in [0.5, 0.6) is 0 Å². The van der Waals surface area contributed by atoms with E-state index in [1.807, 2.05) is 6.92 Å². The van der Waals surface area contributed by atoms with E-state index in [-0.39, 0.29) is 29.0 Å². The highest BCUT2D eigenvalue weighted by molar-refractivity contribution is 7.16. The molecule has 0 saturated carbocycles. The molecular formula is C18H15F3N2O2S. The molecule has 0 saturated heterocycles. The van der Waals surface area contributed by atoms with E-state index < -0.39 is 23.4 Å². The van der Waals surface area contributed by atoms with E-state index >= 15 is 0 Å². The first-order valence-electron chi connectivity index (χ1n) is 7.91. The number of rotatable bonds is 5. The van der Waals surface area contributed by atoms with Crippen molar-refractivity contribution in [1.29, 1.82) is 0 Å². The summed E-state index contributed by atoms with van der Waals surface area (Å²) in [5.74, 6) is -2.96. The Hall–Kier alpha value is -2.45. The standard InChI is InChI=1S/C18H15F3N2O2S/c1-2-25-8-7-23-16-14(21)9-11(19)10-15(16)26-18(23)22-17(24)12-5-3-4-6-13(12)20/h3-6,9-10H,2,7-8H2,1H3. The molecule has 136 valence electrons. The molecule has 4 nitrogen and oxygen atoms in total. The third-order valence-corrected chi connectivity index (χ3v) is 4.69. The van der Waals surface area contributed by atoms with Crippen LogP contribution in [-0.4, -0.2) is 23.7 Å². The van der Waals surface area contributed by atoms with Gasteiger partial charge in [-0.2, -0.15) is 4.99 Å². The summed E-state index contributed by atoms with van der Waals surface area (Å²) in [6.07, 6.45) is 0. The summed E-state index contributed by atoms with van der Waals surface area (Å²) in [5.41, 5.74) is -0.0517. The fourth-order valence-corrected chi connectivity index (χ4v) is 3.60. The van der Waals surface area contributed by atoms with Crippen LogP contribution in [-0.2, 0) is 11.3 Å². The van der Waals surface area contributed by atoms with Crippen LogP contribution in [0.2, 0.25) is 0 Å². The Balaban J connectivity index is 2.14. The second kappa shape index (κ2) is 7.84. The van der Waals surface area contributed by atoms with Crippen molar-refractivity contribution >= 4 is 27.5 Å². The monoisotopic (exact) mass is 380 g/mol. The Morgan fingerprint density at radius 2 is 1.96 bits per heavy atom. The molecule has 0 N–H and O–H groups in total. The summed E-state index contributed by atoms with van der Waals surface area (Å²) in [5, 5.41) is 0. The Kier molecular flexibility index (Phi) is 5.53. The number of halogens is 3. The van der Waals surface area contributed by atoms with Gasteiger partial charge in [0.05, 0.1) is 22.4 Å². The number of fused-ring (bicyclic) bond motifs is 1. The zero-order valence-electron chi connectivity index (χ0n) is 13.8. The lowest BCUT2D eigenvalue weighted by Gasteiger charge is -2.06. The van der Waals surface area contributed by atoms with E-state index in [1.165, 1.54) is 28.8 Å². The van der Waals surface area contributed by atoms with Gasteiger partial charge in [0.2, 0.25) is 0 Å². The number of carbonyl (C=O) groups is 1. The first-order valence-corrected chi connectivity index (χ1v) is 8.72. The fraction of sp³-hybridized carbons (Fsp3) is 0.222. The van der Waals surface area contributed by atoms with Gasteiger partial charge in [0.15, 0.2) is 10.6 Å². The zero-order valence-corrected chi connectivity index (χ0v) is 14.7. The Morgan fingerprint density at radius 3 is 2.69 bits per heavy atom. The molecule has 1 aromatic heterocycles. The number of amides is 1. The van der Waals surface area contributed by atoms with Crippen molar-refractivity contribution in [2.45, 2.75) is 13.5 Å². The van der Waals surface area contributed by atoms with Crippen LogP contribution in [0.4, 0.5) is 13.2 Å². The normalized spacial score (nSPS) is 12.1. The van der Waals surface area contributed by atoms with E-state index in [0.717, 1.165) is 23.5 Å². The predicted molar refractivity (Wildman–Crippen MR) is 92.5 cm³/mol. The minimum absolute atomic E-state index is 0.135. The minimum Gasteiger partial charge on any atom is -0.380 e. The second-order valence-corrected chi connectivity index (χ2v) is 6.37. The number of carbonyl (C=O) groups excluding carboxylic acids is 1. The highest BCUT2D eigenvalue weighted by Crippen LogP contribution is 2.22. The van der Waals surface area contributed by atoms with Crippen LogP contribution in [0, 0.1) is 17.5 Å². The average Bonchev–Trinajstić information content (AvgIpc) is 2.92. The van der Waals surface area contributed by atoms with Crippen LogP contribution in [0.25, 0.3) is 10.2 Å². The molecule has 3 rings (SSSR count). The molecule has 0 aliphatic carbocycles. The molecule has 0 radical (unpaired) electrons. The second-order valence-electron chi connectivity index (χ2n) is 5.36. The van der Waals surface area contributed by atoms with E-state index in [2.05, 4.69) is 4.99 Å². The van der Waals surface area contributed by atoms with E-state index in [0.29, 0.717) is 11.3 Å². The van der Waals surface area contributed by atoms with Gasteiger partial charge in [-0.25, -0.2) is 13.2 Å². The molecule has 0 spiro atoms. The lowest BCUT2D eigenvalue weighted by molar-refractivity contribution is 0.0992. The van der Waals surface area contributed by atoms with Crippen LogP contribution in [0.1, 0.15) is 17.3 Å². The number of nitrogens with zero attached hydrogens (tertiary/aromatic N) is 2. The van der Waals surface area contributed by atoms with Crippen molar-refractivity contribution in [3.8, 4) is 0 Å². The van der Waals surface area contributed by atoms with Crippen molar-refractivity contribution in [2.24, 2.45) is 4.99 Å². The van der Waals surface area contributed by atoms with Gasteiger partial charge in [-0.1, -0.05) is 23.5 Å². The number of benzene rings is 2. The van der Waals surface area contributed by atoms with Gasteiger partial charge in [-0.15, -0.1) is 0 Å². The lowest BCUT2D eigenvalue weighted by atomic mass is 10.2. The molecule has 1 amide bonds. The van der Waals surface area contributed by atoms with Crippen molar-refractivity contribution in [3.63, 3.8) is 0 Å². The smallest absolute Gasteiger partial charge is 0.282 e. The molecule has 26 heavy (non-hydrogen) atoms. The van der Waals surface area contributed by atoms with Gasteiger partial charge in [-0.05, 0) is 25.1 Å². The topological polar surface area (TPSA) is 43.6 Å². The van der Waals surface area contributed by atoms with Crippen molar-refractivity contribution < 1.29 is 22.7 Å². The predicted octanol–water partition coefficient (Wildman–Crippen LogP) is 3.90. The first-order chi connectivity index (χ1) is 12.5. The summed E-state index contributed by atoms with van der Waals surface area (Å²) in [7, 11) is 0. The molecule has 0 aliphatic heterocycles. The number of hydrogen-bond acceptors (Lipinski definition) is 3. The van der Waals surface area contributed by atoms with Crippen LogP contribution < -0.4 is 4.80 Å². The number of hydrogen-bond donors (Lipinski definition) is 0. The summed E-state index contributed by atoms with van der Waals surface area (Å²) < 4.78 is 48.6. The molecule has 0 atom stereocenters. The maximum Gasteiger partial charge on any atom is 0.282 e. The summed E-state index contributed by atoms with van der Waals surface area (Å²) >= 11 is 0.957. The molecule has 2 aromatic carbocycles. The fourth-order valence-electron chi connectivity index (χ4n) is 2.50. The molecule has 1 heterocycles. The molecule has 8 heteroatoms. The lowest BCUT2D eigenvalue weighted by Crippen LogP contribution is -2.20. The highest BCUT2D eigenvalue weighted by Gasteiger charge is 2.15. The average molecular weight is 380 g/mol. The highest BCUT2D eigenvalue weighted by atomic mass is 32.1. The summed E-state index contributed by atoms with van der Waals surface area (Å²) in [4.78, 5) is 16.4. The molecular weight excluding hydrogens is 365 g/mol. The molecule has 0 unspecified atom stereocenters. The third-order valence-electron chi connectivity index (χ3n) is 3.66. The van der Waals surface area contributed by atoms with E-state index in [1.54, 1.807) is 0 Å². The number of thiazole rings is 1. The molecule has 0 aliphatic rings. The van der Waals surface area contributed by atoms with Crippen LogP contribution >= 0.6 is 11.3 Å². The van der Waals surface area contributed by atoms with Gasteiger partial charge in [0, 0.05) is 19.2 Å². The van der Waals surface area contributed by atoms with Crippen molar-refractivity contribution in [1.82, 2.24) is 4.57 Å². The van der Waals surface area contributed by atoms with E-state index in [9.17, 15) is 18.0 Å². The molecule has 0 fully saturated rings. The van der Waals surface area contributed by atoms with E-state index in [4.69, 9.17) is 4.74 Å². The first kappa shape index (κ1) is 18.3. The van der Waals surface area contributed by atoms with Gasteiger partial charge >= 0.3 is 0 Å². The third kappa shape index (κ3) is 3.71. The maximum atomic E-state index is 14.3. The van der Waals surface area contributed by atoms with Crippen molar-refractivity contribution in [2.75, 3.05) is 13.2 Å². The van der Waals surface area contributed by atoms with Gasteiger partial charge in [0.25, 0.3) is 5.91 Å². The molecule has 0 bridgehead atoms. The van der Waals surface area contributed by atoms with Crippen LogP contribution in [0.3, 0.4) is 0 Å². The maximum absolute atomic E-state index is 14.3. The largest absolute Gasteiger partial charge is 0.380 e. The zero-order chi connectivity index (χ0) is 18.7. The summed E-state index contributed by atoms with van der Waals surface area (Å²) in [6, 6.07) is 7.41. The number of aromatic nitrogens is 1. The Labute approximate surface area is 151 Å². The molecule has 3 aromatic rings. The minimum atomic E-state index is -0.791. The SMILES string of the molecule is CCOCCn1c(=NC(=O)c2ccccc2F)sc2cc(F)cc(F)c21. The Bertz CT molecular complexity index is 1030. The van der Waals surface area contributed by atoms with Gasteiger partial charge < -0.3 is 9.30 Å². The number of ether oxygens (including phenoxy) is 1. The van der Waals surface area contributed by atoms with Crippen LogP contribution in [0.15, 0.2) is 41.4 Å². The summed E-state index contributed by atoms with van der Waals surface area (Å²) in [6.45, 7) is 2.78. The quantitative estimate of drug-likeness (QED) is 0.630. The Morgan fingerprint density at radius 1 is 1.19 bits per heavy atom. The van der Waals surface area contributed by atoms with Gasteiger partial charge in [0.1, 0.15) is 11.6 Å². The van der Waals surface area contributed by atoms with Gasteiger partial charge in [-0.3, -0.25) is 4.79 Å². The van der Waals surface area contributed by atoms with Crippen molar-refractivity contribution in [3.05, 3.63) is 64.2 Å².